The van der Waals surface area contributed by atoms with Gasteiger partial charge in [0.25, 0.3) is 17.5 Å². The molecule has 2 amide bonds. The first-order valence-corrected chi connectivity index (χ1v) is 6.93. The Kier molecular flexibility index (Phi) is 3.25. The van der Waals surface area contributed by atoms with E-state index in [9.17, 15) is 19.7 Å². The Hall–Kier alpha value is -2.21. The number of imide groups is 1. The Morgan fingerprint density at radius 3 is 2.19 bits per heavy atom. The van der Waals surface area contributed by atoms with Crippen molar-refractivity contribution < 1.29 is 14.5 Å². The van der Waals surface area contributed by atoms with Gasteiger partial charge in [0, 0.05) is 22.2 Å². The maximum absolute atomic E-state index is 12.4. The summed E-state index contributed by atoms with van der Waals surface area (Å²) < 4.78 is 0. The quantitative estimate of drug-likeness (QED) is 0.478. The van der Waals surface area contributed by atoms with Crippen molar-refractivity contribution >= 4 is 34.8 Å². The molecule has 0 atom stereocenters. The fraction of sp³-hybridized carbons (Fsp3) is 0.286. The highest BCUT2D eigenvalue weighted by Crippen LogP contribution is 2.39. The average molecular weight is 307 g/mol. The van der Waals surface area contributed by atoms with Crippen molar-refractivity contribution in [2.75, 3.05) is 4.90 Å². The SMILES string of the molecule is O=C1C2=C(CCCC2)C(=O)N1c1ccc(Cl)cc1[N+](=O)[O-]. The van der Waals surface area contributed by atoms with Gasteiger partial charge in [-0.2, -0.15) is 0 Å². The van der Waals surface area contributed by atoms with Crippen LogP contribution in [0, 0.1) is 10.1 Å². The molecule has 1 heterocycles. The zero-order chi connectivity index (χ0) is 15.1. The number of benzene rings is 1. The van der Waals surface area contributed by atoms with E-state index in [2.05, 4.69) is 0 Å². The van der Waals surface area contributed by atoms with Crippen molar-refractivity contribution in [2.45, 2.75) is 25.7 Å². The predicted molar refractivity (Wildman–Crippen MR) is 76.1 cm³/mol. The molecular weight excluding hydrogens is 296 g/mol. The molecule has 7 heteroatoms. The van der Waals surface area contributed by atoms with E-state index in [1.807, 2.05) is 0 Å². The van der Waals surface area contributed by atoms with E-state index < -0.39 is 16.7 Å². The zero-order valence-corrected chi connectivity index (χ0v) is 11.7. The summed E-state index contributed by atoms with van der Waals surface area (Å²) in [5.74, 6) is -0.889. The van der Waals surface area contributed by atoms with E-state index in [1.165, 1.54) is 12.1 Å². The molecule has 3 rings (SSSR count). The molecule has 2 aliphatic rings. The van der Waals surface area contributed by atoms with E-state index in [4.69, 9.17) is 11.6 Å². The van der Waals surface area contributed by atoms with Crippen LogP contribution >= 0.6 is 11.6 Å². The van der Waals surface area contributed by atoms with E-state index in [1.54, 1.807) is 0 Å². The number of nitrogens with zero attached hydrogens (tertiary/aromatic N) is 2. The van der Waals surface area contributed by atoms with Crippen molar-refractivity contribution in [1.82, 2.24) is 0 Å². The van der Waals surface area contributed by atoms with Crippen LogP contribution in [0.1, 0.15) is 25.7 Å². The fourth-order valence-electron chi connectivity index (χ4n) is 2.79. The van der Waals surface area contributed by atoms with Crippen LogP contribution in [0.25, 0.3) is 0 Å². The van der Waals surface area contributed by atoms with Gasteiger partial charge in [0.05, 0.1) is 4.92 Å². The summed E-state index contributed by atoms with van der Waals surface area (Å²) in [6, 6.07) is 3.92. The van der Waals surface area contributed by atoms with Crippen LogP contribution in [0.15, 0.2) is 29.3 Å². The molecular formula is C14H11ClN2O4. The first kappa shape index (κ1) is 13.8. The fourth-order valence-corrected chi connectivity index (χ4v) is 2.96. The van der Waals surface area contributed by atoms with Gasteiger partial charge in [-0.05, 0) is 37.8 Å². The van der Waals surface area contributed by atoms with E-state index in [0.717, 1.165) is 23.8 Å². The molecule has 0 aromatic heterocycles. The van der Waals surface area contributed by atoms with E-state index in [0.29, 0.717) is 24.0 Å². The largest absolute Gasteiger partial charge is 0.294 e. The second kappa shape index (κ2) is 4.96. The van der Waals surface area contributed by atoms with Gasteiger partial charge in [-0.15, -0.1) is 0 Å². The van der Waals surface area contributed by atoms with Gasteiger partial charge >= 0.3 is 0 Å². The van der Waals surface area contributed by atoms with Crippen LogP contribution in [0.2, 0.25) is 5.02 Å². The first-order valence-electron chi connectivity index (χ1n) is 6.55. The average Bonchev–Trinajstić information content (AvgIpc) is 2.72. The molecule has 0 saturated heterocycles. The summed E-state index contributed by atoms with van der Waals surface area (Å²) in [5.41, 5.74) is 0.629. The zero-order valence-electron chi connectivity index (χ0n) is 11.0. The molecule has 1 aliphatic carbocycles. The molecule has 108 valence electrons. The summed E-state index contributed by atoms with van der Waals surface area (Å²) in [7, 11) is 0. The minimum Gasteiger partial charge on any atom is -0.269 e. The molecule has 0 saturated carbocycles. The number of nitro groups is 1. The Labute approximate surface area is 125 Å². The summed E-state index contributed by atoms with van der Waals surface area (Å²) in [6.07, 6.45) is 2.82. The molecule has 0 spiro atoms. The number of nitro benzene ring substituents is 1. The standard InChI is InChI=1S/C14H11ClN2O4/c15-8-5-6-11(12(7-8)17(20)21)16-13(18)9-3-1-2-4-10(9)14(16)19/h5-7H,1-4H2. The maximum Gasteiger partial charge on any atom is 0.294 e. The number of hydrogen-bond acceptors (Lipinski definition) is 4. The van der Waals surface area contributed by atoms with Gasteiger partial charge in [0.1, 0.15) is 5.69 Å². The van der Waals surface area contributed by atoms with Crippen LogP contribution in [0.4, 0.5) is 11.4 Å². The third-order valence-electron chi connectivity index (χ3n) is 3.77. The molecule has 6 nitrogen and oxygen atoms in total. The van der Waals surface area contributed by atoms with Gasteiger partial charge in [-0.3, -0.25) is 19.7 Å². The van der Waals surface area contributed by atoms with Gasteiger partial charge in [0.2, 0.25) is 0 Å². The second-order valence-electron chi connectivity index (χ2n) is 5.00. The topological polar surface area (TPSA) is 80.5 Å². The summed E-state index contributed by atoms with van der Waals surface area (Å²) >= 11 is 5.76. The lowest BCUT2D eigenvalue weighted by molar-refractivity contribution is -0.384. The number of amides is 2. The highest BCUT2D eigenvalue weighted by molar-refractivity contribution is 6.34. The van der Waals surface area contributed by atoms with Crippen molar-refractivity contribution in [3.05, 3.63) is 44.5 Å². The minimum atomic E-state index is -0.640. The first-order chi connectivity index (χ1) is 10.0. The molecule has 0 radical (unpaired) electrons. The number of carbonyl (C=O) groups excluding carboxylic acids is 2. The van der Waals surface area contributed by atoms with Gasteiger partial charge in [-0.25, -0.2) is 4.90 Å². The third-order valence-corrected chi connectivity index (χ3v) is 4.00. The van der Waals surface area contributed by atoms with Crippen LogP contribution in [0.3, 0.4) is 0 Å². The lowest BCUT2D eigenvalue weighted by Gasteiger charge is -2.15. The monoisotopic (exact) mass is 306 g/mol. The summed E-state index contributed by atoms with van der Waals surface area (Å²) in [4.78, 5) is 36.2. The van der Waals surface area contributed by atoms with E-state index in [-0.39, 0.29) is 16.4 Å². The molecule has 0 fully saturated rings. The van der Waals surface area contributed by atoms with Crippen LogP contribution < -0.4 is 4.90 Å². The highest BCUT2D eigenvalue weighted by Gasteiger charge is 2.42. The Balaban J connectivity index is 2.09. The predicted octanol–water partition coefficient (Wildman–Crippen LogP) is 2.99. The van der Waals surface area contributed by atoms with Crippen molar-refractivity contribution in [3.8, 4) is 0 Å². The Bertz CT molecular complexity index is 683. The normalized spacial score (nSPS) is 18.2. The number of halogens is 1. The van der Waals surface area contributed by atoms with Crippen molar-refractivity contribution in [2.24, 2.45) is 0 Å². The van der Waals surface area contributed by atoms with Gasteiger partial charge < -0.3 is 0 Å². The molecule has 0 bridgehead atoms. The van der Waals surface area contributed by atoms with Crippen LogP contribution in [-0.4, -0.2) is 16.7 Å². The van der Waals surface area contributed by atoms with Gasteiger partial charge in [0.15, 0.2) is 0 Å². The Morgan fingerprint density at radius 2 is 1.67 bits per heavy atom. The third kappa shape index (κ3) is 2.12. The minimum absolute atomic E-state index is 0.0196. The molecule has 21 heavy (non-hydrogen) atoms. The molecule has 0 unspecified atom stereocenters. The lowest BCUT2D eigenvalue weighted by atomic mass is 9.93. The Morgan fingerprint density at radius 1 is 1.10 bits per heavy atom. The second-order valence-corrected chi connectivity index (χ2v) is 5.44. The smallest absolute Gasteiger partial charge is 0.269 e. The highest BCUT2D eigenvalue weighted by atomic mass is 35.5. The summed E-state index contributed by atoms with van der Waals surface area (Å²) in [6.45, 7) is 0. The van der Waals surface area contributed by atoms with Crippen LogP contribution in [-0.2, 0) is 9.59 Å². The van der Waals surface area contributed by atoms with Gasteiger partial charge in [-0.1, -0.05) is 11.6 Å². The van der Waals surface area contributed by atoms with Crippen LogP contribution in [0.5, 0.6) is 0 Å². The summed E-state index contributed by atoms with van der Waals surface area (Å²) in [5, 5.41) is 11.3. The number of rotatable bonds is 2. The van der Waals surface area contributed by atoms with Crippen molar-refractivity contribution in [1.29, 1.82) is 0 Å². The number of anilines is 1. The molecule has 0 N–H and O–H groups in total. The number of hydrogen-bond donors (Lipinski definition) is 0. The number of carbonyl (C=O) groups is 2. The van der Waals surface area contributed by atoms with E-state index >= 15 is 0 Å². The maximum atomic E-state index is 12.4. The molecule has 1 aromatic rings. The molecule has 1 aromatic carbocycles. The van der Waals surface area contributed by atoms with Crippen molar-refractivity contribution in [3.63, 3.8) is 0 Å². The lowest BCUT2D eigenvalue weighted by Crippen LogP contribution is -2.32. The molecule has 1 aliphatic heterocycles.